The normalized spacial score (nSPS) is 17.6. The van der Waals surface area contributed by atoms with Crippen LogP contribution in [0, 0.1) is 0 Å². The molecule has 4 rings (SSSR count). The number of aryl methyl sites for hydroxylation is 1. The van der Waals surface area contributed by atoms with E-state index in [4.69, 9.17) is 4.74 Å². The van der Waals surface area contributed by atoms with E-state index in [-0.39, 0.29) is 10.9 Å². The van der Waals surface area contributed by atoms with Crippen molar-refractivity contribution < 1.29 is 22.7 Å². The molecule has 0 spiro atoms. The van der Waals surface area contributed by atoms with Gasteiger partial charge in [0.05, 0.1) is 27.3 Å². The fourth-order valence-electron chi connectivity index (χ4n) is 4.34. The molecule has 0 N–H and O–H groups in total. The summed E-state index contributed by atoms with van der Waals surface area (Å²) in [5.41, 5.74) is 1.58. The first-order valence-electron chi connectivity index (χ1n) is 11.7. The number of benzene rings is 2. The van der Waals surface area contributed by atoms with Gasteiger partial charge in [-0.05, 0) is 68.7 Å². The maximum atomic E-state index is 13.2. The Balaban J connectivity index is 1.60. The van der Waals surface area contributed by atoms with Crippen LogP contribution in [0.1, 0.15) is 60.2 Å². The second kappa shape index (κ2) is 10.4. The Bertz CT molecular complexity index is 1420. The van der Waals surface area contributed by atoms with Gasteiger partial charge in [0.25, 0.3) is 5.91 Å². The molecule has 10 heteroatoms. The second-order valence-electron chi connectivity index (χ2n) is 8.46. The minimum absolute atomic E-state index is 0.0161. The quantitative estimate of drug-likeness (QED) is 0.460. The van der Waals surface area contributed by atoms with Crippen LogP contribution in [-0.2, 0) is 21.8 Å². The van der Waals surface area contributed by atoms with Gasteiger partial charge in [-0.25, -0.2) is 13.2 Å². The van der Waals surface area contributed by atoms with Crippen molar-refractivity contribution in [2.75, 3.05) is 13.2 Å². The van der Waals surface area contributed by atoms with Crippen molar-refractivity contribution in [1.82, 2.24) is 8.87 Å². The monoisotopic (exact) mass is 515 g/mol. The maximum absolute atomic E-state index is 13.2. The van der Waals surface area contributed by atoms with Gasteiger partial charge < -0.3 is 9.30 Å². The van der Waals surface area contributed by atoms with Crippen LogP contribution in [0.25, 0.3) is 10.2 Å². The predicted molar refractivity (Wildman–Crippen MR) is 135 cm³/mol. The molecule has 1 aromatic heterocycles. The molecule has 1 aliphatic heterocycles. The zero-order chi connectivity index (χ0) is 25.2. The van der Waals surface area contributed by atoms with Gasteiger partial charge in [-0.2, -0.15) is 9.30 Å². The molecule has 1 unspecified atom stereocenters. The third-order valence-corrected chi connectivity index (χ3v) is 9.33. The lowest BCUT2D eigenvalue weighted by atomic mass is 10.0. The van der Waals surface area contributed by atoms with Crippen molar-refractivity contribution in [2.24, 2.45) is 12.0 Å². The summed E-state index contributed by atoms with van der Waals surface area (Å²) in [6.07, 6.45) is 3.55. The standard InChI is InChI=1S/C25H29N3O5S2/c1-4-19-8-6-7-15-28(19)35(31,32)20-12-9-17(10-13-20)23(29)26-25-27(3)21-14-11-18(16-22(21)34-25)24(30)33-5-2/h9-14,16,19H,4-8,15H2,1-3H3. The number of thiazole rings is 1. The van der Waals surface area contributed by atoms with Crippen molar-refractivity contribution in [3.05, 3.63) is 58.4 Å². The number of piperidine rings is 1. The fourth-order valence-corrected chi connectivity index (χ4v) is 7.16. The number of nitrogens with zero attached hydrogens (tertiary/aromatic N) is 3. The Morgan fingerprint density at radius 1 is 1.09 bits per heavy atom. The van der Waals surface area contributed by atoms with E-state index >= 15 is 0 Å². The van der Waals surface area contributed by atoms with E-state index in [0.717, 1.165) is 35.9 Å². The minimum Gasteiger partial charge on any atom is -0.462 e. The number of sulfonamides is 1. The number of aromatic nitrogens is 1. The van der Waals surface area contributed by atoms with E-state index in [0.29, 0.717) is 29.1 Å². The number of rotatable bonds is 6. The van der Waals surface area contributed by atoms with Crippen LogP contribution < -0.4 is 4.80 Å². The summed E-state index contributed by atoms with van der Waals surface area (Å²) in [5.74, 6) is -0.865. The Morgan fingerprint density at radius 3 is 2.49 bits per heavy atom. The number of hydrogen-bond acceptors (Lipinski definition) is 6. The molecule has 0 aliphatic carbocycles. The summed E-state index contributed by atoms with van der Waals surface area (Å²) >= 11 is 1.29. The minimum atomic E-state index is -3.61. The van der Waals surface area contributed by atoms with Gasteiger partial charge in [-0.1, -0.05) is 24.7 Å². The largest absolute Gasteiger partial charge is 0.462 e. The zero-order valence-corrected chi connectivity index (χ0v) is 21.7. The summed E-state index contributed by atoms with van der Waals surface area (Å²) < 4.78 is 35.6. The lowest BCUT2D eigenvalue weighted by molar-refractivity contribution is 0.0526. The van der Waals surface area contributed by atoms with Gasteiger partial charge in [0.2, 0.25) is 10.0 Å². The molecule has 1 saturated heterocycles. The molecule has 1 atom stereocenters. The van der Waals surface area contributed by atoms with Crippen molar-refractivity contribution in [2.45, 2.75) is 50.5 Å². The molecule has 1 amide bonds. The molecule has 0 saturated carbocycles. The van der Waals surface area contributed by atoms with Gasteiger partial charge in [0, 0.05) is 25.2 Å². The molecule has 8 nitrogen and oxygen atoms in total. The van der Waals surface area contributed by atoms with E-state index in [1.807, 2.05) is 6.92 Å². The van der Waals surface area contributed by atoms with Crippen LogP contribution in [0.15, 0.2) is 52.4 Å². The van der Waals surface area contributed by atoms with E-state index in [9.17, 15) is 18.0 Å². The average molecular weight is 516 g/mol. The number of ether oxygens (including phenoxy) is 1. The van der Waals surface area contributed by atoms with Crippen LogP contribution in [0.4, 0.5) is 0 Å². The first-order valence-corrected chi connectivity index (χ1v) is 14.0. The summed E-state index contributed by atoms with van der Waals surface area (Å²) in [5, 5.41) is 0. The Morgan fingerprint density at radius 2 is 1.80 bits per heavy atom. The number of carbonyl (C=O) groups is 2. The Hall–Kier alpha value is -2.82. The number of fused-ring (bicyclic) bond motifs is 1. The number of esters is 1. The highest BCUT2D eigenvalue weighted by Crippen LogP contribution is 2.27. The predicted octanol–water partition coefficient (Wildman–Crippen LogP) is 4.11. The summed E-state index contributed by atoms with van der Waals surface area (Å²) in [6, 6.07) is 11.2. The van der Waals surface area contributed by atoms with Crippen LogP contribution in [0.5, 0.6) is 0 Å². The average Bonchev–Trinajstić information content (AvgIpc) is 3.18. The highest BCUT2D eigenvalue weighted by atomic mass is 32.2. The first kappa shape index (κ1) is 25.3. The van der Waals surface area contributed by atoms with Crippen molar-refractivity contribution in [3.63, 3.8) is 0 Å². The van der Waals surface area contributed by atoms with Gasteiger partial charge in [0.1, 0.15) is 0 Å². The molecular weight excluding hydrogens is 486 g/mol. The highest BCUT2D eigenvalue weighted by molar-refractivity contribution is 7.89. The molecule has 0 radical (unpaired) electrons. The SMILES string of the molecule is CCOC(=O)c1ccc2c(c1)sc(=NC(=O)c1ccc(S(=O)(=O)N3CCCCC3CC)cc1)n2C. The molecule has 186 valence electrons. The highest BCUT2D eigenvalue weighted by Gasteiger charge is 2.32. The van der Waals surface area contributed by atoms with E-state index in [1.165, 1.54) is 35.6 Å². The zero-order valence-electron chi connectivity index (χ0n) is 20.1. The molecule has 0 bridgehead atoms. The smallest absolute Gasteiger partial charge is 0.338 e. The van der Waals surface area contributed by atoms with Crippen LogP contribution in [-0.4, -0.2) is 48.4 Å². The Kier molecular flexibility index (Phi) is 7.53. The number of hydrogen-bond donors (Lipinski definition) is 0. The first-order chi connectivity index (χ1) is 16.8. The van der Waals surface area contributed by atoms with Gasteiger partial charge in [-0.3, -0.25) is 4.79 Å². The molecule has 2 heterocycles. The van der Waals surface area contributed by atoms with Crippen LogP contribution >= 0.6 is 11.3 Å². The Labute approximate surface area is 208 Å². The van der Waals surface area contributed by atoms with E-state index < -0.39 is 21.9 Å². The molecular formula is C25H29N3O5S2. The maximum Gasteiger partial charge on any atom is 0.338 e. The molecule has 1 fully saturated rings. The van der Waals surface area contributed by atoms with Crippen LogP contribution in [0.2, 0.25) is 0 Å². The molecule has 2 aromatic carbocycles. The molecule has 1 aliphatic rings. The molecule has 35 heavy (non-hydrogen) atoms. The van der Waals surface area contributed by atoms with Crippen molar-refractivity contribution >= 4 is 43.5 Å². The van der Waals surface area contributed by atoms with E-state index in [1.54, 1.807) is 41.0 Å². The van der Waals surface area contributed by atoms with Crippen molar-refractivity contribution in [3.8, 4) is 0 Å². The number of carbonyl (C=O) groups excluding carboxylic acids is 2. The number of amides is 1. The van der Waals surface area contributed by atoms with Gasteiger partial charge >= 0.3 is 5.97 Å². The topological polar surface area (TPSA) is 98.0 Å². The lowest BCUT2D eigenvalue weighted by Crippen LogP contribution is -2.43. The van der Waals surface area contributed by atoms with Gasteiger partial charge in [-0.15, -0.1) is 0 Å². The van der Waals surface area contributed by atoms with E-state index in [2.05, 4.69) is 4.99 Å². The lowest BCUT2D eigenvalue weighted by Gasteiger charge is -2.34. The summed E-state index contributed by atoms with van der Waals surface area (Å²) in [4.78, 5) is 29.8. The van der Waals surface area contributed by atoms with Gasteiger partial charge in [0.15, 0.2) is 4.80 Å². The molecule has 3 aromatic rings. The third kappa shape index (κ3) is 5.10. The van der Waals surface area contributed by atoms with Crippen LogP contribution in [0.3, 0.4) is 0 Å². The third-order valence-electron chi connectivity index (χ3n) is 6.27. The fraction of sp³-hybridized carbons (Fsp3) is 0.400. The second-order valence-corrected chi connectivity index (χ2v) is 11.4. The summed E-state index contributed by atoms with van der Waals surface area (Å²) in [7, 11) is -1.81. The van der Waals surface area contributed by atoms with Crippen molar-refractivity contribution in [1.29, 1.82) is 0 Å². The summed E-state index contributed by atoms with van der Waals surface area (Å²) in [6.45, 7) is 4.58.